The molecule has 0 fully saturated rings. The average Bonchev–Trinajstić information content (AvgIpc) is 2.74. The highest BCUT2D eigenvalue weighted by atomic mass is 32.1. The van der Waals surface area contributed by atoms with E-state index in [0.717, 1.165) is 19.6 Å². The monoisotopic (exact) mass is 299 g/mol. The molecule has 4 N–H and O–H groups in total. The molecule has 0 unspecified atom stereocenters. The third-order valence-electron chi connectivity index (χ3n) is 2.88. The van der Waals surface area contributed by atoms with E-state index in [1.165, 1.54) is 11.3 Å². The van der Waals surface area contributed by atoms with Gasteiger partial charge in [0.05, 0.1) is 0 Å². The van der Waals surface area contributed by atoms with Crippen molar-refractivity contribution >= 4 is 28.2 Å². The summed E-state index contributed by atoms with van der Waals surface area (Å²) in [5.41, 5.74) is 5.79. The maximum Gasteiger partial charge on any atom is 0.265 e. The van der Waals surface area contributed by atoms with Gasteiger partial charge in [-0.05, 0) is 26.9 Å². The van der Waals surface area contributed by atoms with Crippen LogP contribution in [0.5, 0.6) is 0 Å². The van der Waals surface area contributed by atoms with Crippen LogP contribution < -0.4 is 16.4 Å². The van der Waals surface area contributed by atoms with E-state index in [-0.39, 0.29) is 11.9 Å². The number of aromatic nitrogens is 1. The number of nitrogens with one attached hydrogen (secondary N) is 2. The second kappa shape index (κ2) is 8.06. The fourth-order valence-electron chi connectivity index (χ4n) is 1.75. The average molecular weight is 299 g/mol. The van der Waals surface area contributed by atoms with Gasteiger partial charge in [-0.3, -0.25) is 4.79 Å². The first-order valence-corrected chi connectivity index (χ1v) is 7.82. The van der Waals surface area contributed by atoms with E-state index in [1.807, 2.05) is 13.8 Å². The van der Waals surface area contributed by atoms with Crippen LogP contribution in [0.3, 0.4) is 0 Å². The molecule has 0 saturated heterocycles. The fraction of sp³-hybridized carbons (Fsp3) is 0.692. The highest BCUT2D eigenvalue weighted by Gasteiger charge is 2.16. The highest BCUT2D eigenvalue weighted by Crippen LogP contribution is 2.25. The van der Waals surface area contributed by atoms with Crippen molar-refractivity contribution in [3.8, 4) is 0 Å². The van der Waals surface area contributed by atoms with Crippen molar-refractivity contribution in [2.45, 2.75) is 33.7 Å². The molecular formula is C13H25N5OS. The Balaban J connectivity index is 2.53. The van der Waals surface area contributed by atoms with Crippen molar-refractivity contribution in [2.24, 2.45) is 0 Å². The summed E-state index contributed by atoms with van der Waals surface area (Å²) in [4.78, 5) is 18.9. The van der Waals surface area contributed by atoms with Crippen molar-refractivity contribution in [1.82, 2.24) is 15.2 Å². The molecule has 0 bridgehead atoms. The molecule has 0 spiro atoms. The van der Waals surface area contributed by atoms with Crippen molar-refractivity contribution in [1.29, 1.82) is 0 Å². The fourth-order valence-corrected chi connectivity index (χ4v) is 2.70. The van der Waals surface area contributed by atoms with Crippen molar-refractivity contribution in [2.75, 3.05) is 37.2 Å². The lowest BCUT2D eigenvalue weighted by Gasteiger charge is -2.17. The molecule has 1 aromatic heterocycles. The van der Waals surface area contributed by atoms with Crippen molar-refractivity contribution in [3.63, 3.8) is 0 Å². The van der Waals surface area contributed by atoms with Gasteiger partial charge in [0.2, 0.25) is 0 Å². The lowest BCUT2D eigenvalue weighted by Crippen LogP contribution is -2.34. The van der Waals surface area contributed by atoms with Crippen LogP contribution >= 0.6 is 11.3 Å². The molecule has 0 aliphatic rings. The van der Waals surface area contributed by atoms with E-state index in [4.69, 9.17) is 5.73 Å². The molecule has 1 amide bonds. The van der Waals surface area contributed by atoms with E-state index in [0.29, 0.717) is 22.4 Å². The van der Waals surface area contributed by atoms with Gasteiger partial charge in [0, 0.05) is 19.1 Å². The first-order valence-electron chi connectivity index (χ1n) is 7.01. The summed E-state index contributed by atoms with van der Waals surface area (Å²) in [6.45, 7) is 11.7. The molecule has 7 heteroatoms. The Morgan fingerprint density at radius 1 is 1.40 bits per heavy atom. The summed E-state index contributed by atoms with van der Waals surface area (Å²) < 4.78 is 0. The van der Waals surface area contributed by atoms with E-state index >= 15 is 0 Å². The summed E-state index contributed by atoms with van der Waals surface area (Å²) >= 11 is 1.29. The Morgan fingerprint density at radius 2 is 2.05 bits per heavy atom. The summed E-state index contributed by atoms with van der Waals surface area (Å²) in [6, 6.07) is 0.263. The van der Waals surface area contributed by atoms with Gasteiger partial charge in [0.25, 0.3) is 5.91 Å². The Kier molecular flexibility index (Phi) is 6.74. The van der Waals surface area contributed by atoms with Crippen LogP contribution in [-0.2, 0) is 0 Å². The summed E-state index contributed by atoms with van der Waals surface area (Å²) in [5, 5.41) is 6.73. The van der Waals surface area contributed by atoms with Crippen LogP contribution in [0, 0.1) is 0 Å². The quantitative estimate of drug-likeness (QED) is 0.679. The van der Waals surface area contributed by atoms with Gasteiger partial charge in [-0.15, -0.1) is 0 Å². The number of anilines is 2. The smallest absolute Gasteiger partial charge is 0.265 e. The van der Waals surface area contributed by atoms with Crippen LogP contribution in [0.4, 0.5) is 10.9 Å². The number of thiazole rings is 1. The first-order chi connectivity index (χ1) is 9.47. The van der Waals surface area contributed by atoms with Gasteiger partial charge in [-0.25, -0.2) is 4.98 Å². The summed E-state index contributed by atoms with van der Waals surface area (Å²) in [5.74, 6) is 0.141. The molecule has 0 atom stereocenters. The molecule has 1 aromatic rings. The number of nitrogens with two attached hydrogens (primary N) is 1. The first kappa shape index (κ1) is 16.7. The van der Waals surface area contributed by atoms with E-state index in [2.05, 4.69) is 34.4 Å². The highest BCUT2D eigenvalue weighted by molar-refractivity contribution is 7.18. The lowest BCUT2D eigenvalue weighted by molar-refractivity contribution is 0.0953. The van der Waals surface area contributed by atoms with Crippen molar-refractivity contribution in [3.05, 3.63) is 4.88 Å². The Labute approximate surface area is 124 Å². The summed E-state index contributed by atoms with van der Waals surface area (Å²) in [6.07, 6.45) is 0. The summed E-state index contributed by atoms with van der Waals surface area (Å²) in [7, 11) is 0. The SMILES string of the molecule is CCN(CC)CCNC(=O)c1sc(NC(C)C)nc1N. The number of rotatable bonds is 8. The second-order valence-corrected chi connectivity index (χ2v) is 5.81. The van der Waals surface area contributed by atoms with E-state index in [1.54, 1.807) is 0 Å². The predicted octanol–water partition coefficient (Wildman–Crippen LogP) is 1.62. The van der Waals surface area contributed by atoms with Gasteiger partial charge >= 0.3 is 0 Å². The Morgan fingerprint density at radius 3 is 2.60 bits per heavy atom. The number of hydrogen-bond acceptors (Lipinski definition) is 6. The standard InChI is InChI=1S/C13H25N5OS/c1-5-18(6-2)8-7-15-12(19)10-11(14)17-13(20-10)16-9(3)4/h9H,5-8,14H2,1-4H3,(H,15,19)(H,16,17). The maximum absolute atomic E-state index is 12.1. The normalized spacial score (nSPS) is 11.1. The number of nitrogen functional groups attached to an aromatic ring is 1. The predicted molar refractivity (Wildman–Crippen MR) is 85.4 cm³/mol. The number of carbonyl (C=O) groups excluding carboxylic acids is 1. The molecule has 20 heavy (non-hydrogen) atoms. The Bertz CT molecular complexity index is 428. The van der Waals surface area contributed by atoms with E-state index < -0.39 is 0 Å². The minimum absolute atomic E-state index is 0.149. The molecule has 1 heterocycles. The number of carbonyl (C=O) groups is 1. The number of likely N-dealkylation sites (N-methyl/N-ethyl adjacent to an activating group) is 1. The minimum Gasteiger partial charge on any atom is -0.382 e. The number of nitrogens with zero attached hydrogens (tertiary/aromatic N) is 2. The zero-order valence-corrected chi connectivity index (χ0v) is 13.5. The van der Waals surface area contributed by atoms with Gasteiger partial charge in [0.15, 0.2) is 5.13 Å². The second-order valence-electron chi connectivity index (χ2n) is 4.82. The molecule has 0 aliphatic carbocycles. The van der Waals surface area contributed by atoms with Crippen LogP contribution in [0.15, 0.2) is 0 Å². The van der Waals surface area contributed by atoms with Crippen LogP contribution in [0.25, 0.3) is 0 Å². The molecule has 0 aromatic carbocycles. The van der Waals surface area contributed by atoms with Crippen LogP contribution in [0.2, 0.25) is 0 Å². The minimum atomic E-state index is -0.149. The molecule has 0 radical (unpaired) electrons. The van der Waals surface area contributed by atoms with Gasteiger partial charge in [-0.2, -0.15) is 0 Å². The zero-order valence-electron chi connectivity index (χ0n) is 12.7. The third-order valence-corrected chi connectivity index (χ3v) is 3.88. The molecule has 1 rings (SSSR count). The largest absolute Gasteiger partial charge is 0.382 e. The Hall–Kier alpha value is -1.34. The molecular weight excluding hydrogens is 274 g/mol. The van der Waals surface area contributed by atoms with Gasteiger partial charge < -0.3 is 21.3 Å². The molecule has 0 saturated carbocycles. The van der Waals surface area contributed by atoms with E-state index in [9.17, 15) is 4.79 Å². The topological polar surface area (TPSA) is 83.3 Å². The zero-order chi connectivity index (χ0) is 15.1. The molecule has 6 nitrogen and oxygen atoms in total. The van der Waals surface area contributed by atoms with Crippen LogP contribution in [-0.4, -0.2) is 48.0 Å². The third kappa shape index (κ3) is 4.97. The molecule has 114 valence electrons. The number of amides is 1. The number of hydrogen-bond donors (Lipinski definition) is 3. The van der Waals surface area contributed by atoms with Crippen LogP contribution in [0.1, 0.15) is 37.4 Å². The maximum atomic E-state index is 12.1. The lowest BCUT2D eigenvalue weighted by atomic mass is 10.4. The van der Waals surface area contributed by atoms with Gasteiger partial charge in [0.1, 0.15) is 10.7 Å². The van der Waals surface area contributed by atoms with Crippen molar-refractivity contribution < 1.29 is 4.79 Å². The molecule has 0 aliphatic heterocycles. The van der Waals surface area contributed by atoms with Gasteiger partial charge in [-0.1, -0.05) is 25.2 Å².